The molecule has 1 rings (SSSR count). The van der Waals surface area contributed by atoms with Crippen LogP contribution in [0.15, 0.2) is 0 Å². The Morgan fingerprint density at radius 2 is 2.09 bits per heavy atom. The monoisotopic (exact) mass is 158 g/mol. The zero-order chi connectivity index (χ0) is 8.10. The van der Waals surface area contributed by atoms with Crippen LogP contribution in [-0.4, -0.2) is 48.8 Å². The maximum atomic E-state index is 9.35. The lowest BCUT2D eigenvalue weighted by Gasteiger charge is -2.28. The van der Waals surface area contributed by atoms with Gasteiger partial charge in [0, 0.05) is 32.7 Å². The average Bonchev–Trinajstić information content (AvgIpc) is 2.06. The topological polar surface area (TPSA) is 35.5 Å². The van der Waals surface area contributed by atoms with E-state index >= 15 is 0 Å². The number of aliphatic hydroxyl groups is 1. The Kier molecular flexibility index (Phi) is 3.83. The van der Waals surface area contributed by atoms with Gasteiger partial charge in [-0.3, -0.25) is 4.90 Å². The van der Waals surface area contributed by atoms with Crippen molar-refractivity contribution in [2.24, 2.45) is 0 Å². The molecule has 1 aliphatic rings. The van der Waals surface area contributed by atoms with Crippen LogP contribution in [0.3, 0.4) is 0 Å². The molecule has 0 bridgehead atoms. The van der Waals surface area contributed by atoms with E-state index in [0.29, 0.717) is 0 Å². The van der Waals surface area contributed by atoms with Gasteiger partial charge in [-0.1, -0.05) is 6.92 Å². The predicted octanol–water partition coefficient (Wildman–Crippen LogP) is -0.337. The van der Waals surface area contributed by atoms with Crippen molar-refractivity contribution in [2.75, 3.05) is 32.7 Å². The number of hydrogen-bond acceptors (Lipinski definition) is 3. The molecule has 3 nitrogen and oxygen atoms in total. The SMILES string of the molecule is CC[C@@H](O)CN1CCNCC1. The van der Waals surface area contributed by atoms with Gasteiger partial charge in [0.05, 0.1) is 6.10 Å². The molecule has 1 heterocycles. The zero-order valence-electron chi connectivity index (χ0n) is 7.21. The molecule has 0 aromatic rings. The Morgan fingerprint density at radius 1 is 1.45 bits per heavy atom. The van der Waals surface area contributed by atoms with Crippen molar-refractivity contribution in [3.8, 4) is 0 Å². The summed E-state index contributed by atoms with van der Waals surface area (Å²) >= 11 is 0. The van der Waals surface area contributed by atoms with Gasteiger partial charge in [0.15, 0.2) is 0 Å². The van der Waals surface area contributed by atoms with Gasteiger partial charge in [0.2, 0.25) is 0 Å². The van der Waals surface area contributed by atoms with E-state index in [1.807, 2.05) is 6.92 Å². The molecule has 2 N–H and O–H groups in total. The summed E-state index contributed by atoms with van der Waals surface area (Å²) < 4.78 is 0. The second-order valence-corrected chi connectivity index (χ2v) is 3.11. The van der Waals surface area contributed by atoms with Crippen LogP contribution in [0.4, 0.5) is 0 Å². The highest BCUT2D eigenvalue weighted by Crippen LogP contribution is 1.97. The summed E-state index contributed by atoms with van der Waals surface area (Å²) in [5.41, 5.74) is 0. The Balaban J connectivity index is 2.13. The molecular formula is C8H18N2O. The number of piperazine rings is 1. The zero-order valence-corrected chi connectivity index (χ0v) is 7.21. The number of nitrogens with zero attached hydrogens (tertiary/aromatic N) is 1. The van der Waals surface area contributed by atoms with Crippen molar-refractivity contribution >= 4 is 0 Å². The van der Waals surface area contributed by atoms with E-state index in [4.69, 9.17) is 0 Å². The lowest BCUT2D eigenvalue weighted by atomic mass is 10.2. The van der Waals surface area contributed by atoms with E-state index < -0.39 is 0 Å². The molecule has 3 heteroatoms. The van der Waals surface area contributed by atoms with Crippen LogP contribution in [0.5, 0.6) is 0 Å². The summed E-state index contributed by atoms with van der Waals surface area (Å²) in [7, 11) is 0. The third-order valence-corrected chi connectivity index (χ3v) is 2.15. The predicted molar refractivity (Wildman–Crippen MR) is 45.6 cm³/mol. The number of aliphatic hydroxyl groups excluding tert-OH is 1. The van der Waals surface area contributed by atoms with Crippen LogP contribution in [0.25, 0.3) is 0 Å². The molecule has 1 atom stereocenters. The first-order chi connectivity index (χ1) is 5.33. The first-order valence-corrected chi connectivity index (χ1v) is 4.44. The molecule has 1 aliphatic heterocycles. The number of rotatable bonds is 3. The maximum absolute atomic E-state index is 9.35. The van der Waals surface area contributed by atoms with Crippen LogP contribution >= 0.6 is 0 Å². The minimum Gasteiger partial charge on any atom is -0.392 e. The normalized spacial score (nSPS) is 23.5. The second kappa shape index (κ2) is 4.70. The first-order valence-electron chi connectivity index (χ1n) is 4.44. The van der Waals surface area contributed by atoms with Gasteiger partial charge in [-0.2, -0.15) is 0 Å². The minimum atomic E-state index is -0.131. The number of nitrogens with one attached hydrogen (secondary N) is 1. The molecule has 1 saturated heterocycles. The third kappa shape index (κ3) is 3.18. The molecule has 0 aromatic heterocycles. The van der Waals surface area contributed by atoms with Gasteiger partial charge in [-0.05, 0) is 6.42 Å². The molecule has 11 heavy (non-hydrogen) atoms. The number of hydrogen-bond donors (Lipinski definition) is 2. The van der Waals surface area contributed by atoms with E-state index in [-0.39, 0.29) is 6.10 Å². The minimum absolute atomic E-state index is 0.131. The van der Waals surface area contributed by atoms with E-state index in [1.54, 1.807) is 0 Å². The largest absolute Gasteiger partial charge is 0.392 e. The lowest BCUT2D eigenvalue weighted by Crippen LogP contribution is -2.46. The van der Waals surface area contributed by atoms with Gasteiger partial charge in [-0.25, -0.2) is 0 Å². The molecule has 0 aliphatic carbocycles. The van der Waals surface area contributed by atoms with Crippen molar-refractivity contribution in [1.82, 2.24) is 10.2 Å². The van der Waals surface area contributed by atoms with Crippen LogP contribution < -0.4 is 5.32 Å². The van der Waals surface area contributed by atoms with E-state index in [2.05, 4.69) is 10.2 Å². The first kappa shape index (κ1) is 8.97. The van der Waals surface area contributed by atoms with Crippen LogP contribution in [-0.2, 0) is 0 Å². The van der Waals surface area contributed by atoms with Crippen molar-refractivity contribution < 1.29 is 5.11 Å². The summed E-state index contributed by atoms with van der Waals surface area (Å²) in [5.74, 6) is 0. The fourth-order valence-electron chi connectivity index (χ4n) is 1.32. The van der Waals surface area contributed by atoms with E-state index in [9.17, 15) is 5.11 Å². The highest BCUT2D eigenvalue weighted by atomic mass is 16.3. The molecule has 0 aromatic carbocycles. The summed E-state index contributed by atoms with van der Waals surface area (Å²) in [6.07, 6.45) is 0.734. The molecule has 1 fully saturated rings. The van der Waals surface area contributed by atoms with Crippen LogP contribution in [0.1, 0.15) is 13.3 Å². The Morgan fingerprint density at radius 3 is 2.64 bits per heavy atom. The van der Waals surface area contributed by atoms with E-state index in [0.717, 1.165) is 39.1 Å². The Bertz CT molecular complexity index is 102. The summed E-state index contributed by atoms with van der Waals surface area (Å²) in [6, 6.07) is 0. The molecule has 0 unspecified atom stereocenters. The maximum Gasteiger partial charge on any atom is 0.0664 e. The highest BCUT2D eigenvalue weighted by Gasteiger charge is 2.12. The summed E-state index contributed by atoms with van der Waals surface area (Å²) in [6.45, 7) is 7.16. The molecule has 0 saturated carbocycles. The van der Waals surface area contributed by atoms with Crippen LogP contribution in [0, 0.1) is 0 Å². The fraction of sp³-hybridized carbons (Fsp3) is 1.00. The van der Waals surface area contributed by atoms with Gasteiger partial charge in [-0.15, -0.1) is 0 Å². The third-order valence-electron chi connectivity index (χ3n) is 2.15. The van der Waals surface area contributed by atoms with Gasteiger partial charge >= 0.3 is 0 Å². The molecular weight excluding hydrogens is 140 g/mol. The highest BCUT2D eigenvalue weighted by molar-refractivity contribution is 4.69. The Labute approximate surface area is 68.4 Å². The lowest BCUT2D eigenvalue weighted by molar-refractivity contribution is 0.102. The van der Waals surface area contributed by atoms with Gasteiger partial charge in [0.1, 0.15) is 0 Å². The molecule has 0 radical (unpaired) electrons. The quantitative estimate of drug-likeness (QED) is 0.590. The fourth-order valence-corrected chi connectivity index (χ4v) is 1.32. The van der Waals surface area contributed by atoms with Crippen molar-refractivity contribution in [3.05, 3.63) is 0 Å². The summed E-state index contributed by atoms with van der Waals surface area (Å²) in [5, 5.41) is 12.6. The van der Waals surface area contributed by atoms with Crippen molar-refractivity contribution in [1.29, 1.82) is 0 Å². The summed E-state index contributed by atoms with van der Waals surface area (Å²) in [4.78, 5) is 2.31. The van der Waals surface area contributed by atoms with Gasteiger partial charge in [0.25, 0.3) is 0 Å². The smallest absolute Gasteiger partial charge is 0.0664 e. The van der Waals surface area contributed by atoms with Crippen molar-refractivity contribution in [2.45, 2.75) is 19.4 Å². The molecule has 66 valence electrons. The average molecular weight is 158 g/mol. The van der Waals surface area contributed by atoms with Crippen LogP contribution in [0.2, 0.25) is 0 Å². The van der Waals surface area contributed by atoms with Gasteiger partial charge < -0.3 is 10.4 Å². The Hall–Kier alpha value is -0.120. The van der Waals surface area contributed by atoms with E-state index in [1.165, 1.54) is 0 Å². The van der Waals surface area contributed by atoms with Crippen molar-refractivity contribution in [3.63, 3.8) is 0 Å². The standard InChI is InChI=1S/C8H18N2O/c1-2-8(11)7-10-5-3-9-4-6-10/h8-9,11H,2-7H2,1H3/t8-/m1/s1. The number of β-amino-alcohol motifs (C(OH)–C–C–N with tert-alkyl or cyclic N) is 1. The molecule has 0 amide bonds. The molecule has 0 spiro atoms. The second-order valence-electron chi connectivity index (χ2n) is 3.11.